The average Bonchev–Trinajstić information content (AvgIpc) is 2.27. The molecule has 4 heteroatoms. The first-order valence-electron chi connectivity index (χ1n) is 7.37. The highest BCUT2D eigenvalue weighted by atomic mass is 16.2. The van der Waals surface area contributed by atoms with Crippen LogP contribution in [0.4, 0.5) is 0 Å². The normalized spacial score (nSPS) is 25.6. The molecule has 104 valence electrons. The van der Waals surface area contributed by atoms with E-state index in [4.69, 9.17) is 5.73 Å². The van der Waals surface area contributed by atoms with Crippen LogP contribution in [0.2, 0.25) is 0 Å². The Morgan fingerprint density at radius 2 is 1.89 bits per heavy atom. The first-order chi connectivity index (χ1) is 8.54. The van der Waals surface area contributed by atoms with Gasteiger partial charge in [0, 0.05) is 32.2 Å². The lowest BCUT2D eigenvalue weighted by molar-refractivity contribution is -0.139. The first-order valence-corrected chi connectivity index (χ1v) is 7.37. The van der Waals surface area contributed by atoms with Crippen molar-refractivity contribution in [3.05, 3.63) is 0 Å². The Bertz CT molecular complexity index is 291. The van der Waals surface area contributed by atoms with Gasteiger partial charge in [-0.2, -0.15) is 0 Å². The maximum absolute atomic E-state index is 12.4. The van der Waals surface area contributed by atoms with E-state index in [1.807, 2.05) is 11.8 Å². The Hall–Kier alpha value is -0.610. The zero-order valence-corrected chi connectivity index (χ0v) is 11.8. The standard InChI is InChI=1S/C14H27N3O/c1-3-7-14(2,15)13(18)17-10-8-16(9-11-17)12-5-4-6-12/h12H,3-11,15H2,1-2H3. The van der Waals surface area contributed by atoms with Crippen molar-refractivity contribution in [3.63, 3.8) is 0 Å². The molecule has 0 radical (unpaired) electrons. The third-order valence-electron chi connectivity index (χ3n) is 4.45. The van der Waals surface area contributed by atoms with Gasteiger partial charge in [0.05, 0.1) is 5.54 Å². The van der Waals surface area contributed by atoms with E-state index in [0.717, 1.165) is 45.1 Å². The van der Waals surface area contributed by atoms with E-state index in [1.165, 1.54) is 19.3 Å². The predicted octanol–water partition coefficient (Wildman–Crippen LogP) is 1.20. The molecule has 1 aliphatic heterocycles. The smallest absolute Gasteiger partial charge is 0.242 e. The molecule has 18 heavy (non-hydrogen) atoms. The van der Waals surface area contributed by atoms with Gasteiger partial charge in [-0.3, -0.25) is 9.69 Å². The Labute approximate surface area is 110 Å². The minimum atomic E-state index is -0.673. The van der Waals surface area contributed by atoms with Gasteiger partial charge in [-0.1, -0.05) is 19.8 Å². The molecule has 1 aliphatic carbocycles. The lowest BCUT2D eigenvalue weighted by Gasteiger charge is -2.44. The van der Waals surface area contributed by atoms with Crippen LogP contribution in [0.25, 0.3) is 0 Å². The van der Waals surface area contributed by atoms with Gasteiger partial charge in [0.25, 0.3) is 0 Å². The van der Waals surface area contributed by atoms with E-state index in [-0.39, 0.29) is 5.91 Å². The number of nitrogens with two attached hydrogens (primary N) is 1. The molecule has 2 fully saturated rings. The maximum Gasteiger partial charge on any atom is 0.242 e. The fourth-order valence-electron chi connectivity index (χ4n) is 3.03. The summed E-state index contributed by atoms with van der Waals surface area (Å²) in [4.78, 5) is 16.9. The largest absolute Gasteiger partial charge is 0.339 e. The summed E-state index contributed by atoms with van der Waals surface area (Å²) in [5.74, 6) is 0.137. The number of hydrogen-bond donors (Lipinski definition) is 1. The van der Waals surface area contributed by atoms with E-state index >= 15 is 0 Å². The summed E-state index contributed by atoms with van der Waals surface area (Å²) in [5.41, 5.74) is 5.46. The van der Waals surface area contributed by atoms with Gasteiger partial charge < -0.3 is 10.6 Å². The van der Waals surface area contributed by atoms with Crippen LogP contribution in [0.5, 0.6) is 0 Å². The lowest BCUT2D eigenvalue weighted by atomic mass is 9.90. The molecule has 1 unspecified atom stereocenters. The van der Waals surface area contributed by atoms with Crippen molar-refractivity contribution >= 4 is 5.91 Å². The Morgan fingerprint density at radius 3 is 2.33 bits per heavy atom. The van der Waals surface area contributed by atoms with Gasteiger partial charge in [-0.15, -0.1) is 0 Å². The topological polar surface area (TPSA) is 49.6 Å². The minimum absolute atomic E-state index is 0.137. The number of piperazine rings is 1. The van der Waals surface area contributed by atoms with Gasteiger partial charge in [0.15, 0.2) is 0 Å². The number of hydrogen-bond acceptors (Lipinski definition) is 3. The number of carbonyl (C=O) groups excluding carboxylic acids is 1. The molecular weight excluding hydrogens is 226 g/mol. The van der Waals surface area contributed by atoms with E-state index in [0.29, 0.717) is 0 Å². The SMILES string of the molecule is CCCC(C)(N)C(=O)N1CCN(C2CCC2)CC1. The van der Waals surface area contributed by atoms with Crippen LogP contribution in [0.3, 0.4) is 0 Å². The van der Waals surface area contributed by atoms with Gasteiger partial charge in [-0.05, 0) is 26.2 Å². The maximum atomic E-state index is 12.4. The highest BCUT2D eigenvalue weighted by molar-refractivity contribution is 5.85. The Morgan fingerprint density at radius 1 is 1.28 bits per heavy atom. The van der Waals surface area contributed by atoms with Crippen LogP contribution in [-0.2, 0) is 4.79 Å². The van der Waals surface area contributed by atoms with Crippen molar-refractivity contribution in [3.8, 4) is 0 Å². The predicted molar refractivity (Wildman–Crippen MR) is 73.3 cm³/mol. The summed E-state index contributed by atoms with van der Waals surface area (Å²) in [6.45, 7) is 7.71. The molecule has 1 heterocycles. The Kier molecular flexibility index (Phi) is 4.28. The second-order valence-corrected chi connectivity index (χ2v) is 6.08. The van der Waals surface area contributed by atoms with Crippen LogP contribution < -0.4 is 5.73 Å². The van der Waals surface area contributed by atoms with Crippen LogP contribution in [0, 0.1) is 0 Å². The number of rotatable bonds is 4. The zero-order chi connectivity index (χ0) is 13.2. The van der Waals surface area contributed by atoms with Gasteiger partial charge in [0.1, 0.15) is 0 Å². The molecular formula is C14H27N3O. The quantitative estimate of drug-likeness (QED) is 0.819. The minimum Gasteiger partial charge on any atom is -0.339 e. The molecule has 0 spiro atoms. The second kappa shape index (κ2) is 5.57. The van der Waals surface area contributed by atoms with E-state index in [2.05, 4.69) is 11.8 Å². The van der Waals surface area contributed by atoms with Crippen molar-refractivity contribution < 1.29 is 4.79 Å². The van der Waals surface area contributed by atoms with E-state index < -0.39 is 5.54 Å². The van der Waals surface area contributed by atoms with Gasteiger partial charge in [-0.25, -0.2) is 0 Å². The van der Waals surface area contributed by atoms with E-state index in [1.54, 1.807) is 0 Å². The molecule has 2 aliphatic rings. The number of amides is 1. The van der Waals surface area contributed by atoms with Crippen molar-refractivity contribution in [2.75, 3.05) is 26.2 Å². The van der Waals surface area contributed by atoms with Crippen LogP contribution in [0.15, 0.2) is 0 Å². The molecule has 1 saturated heterocycles. The van der Waals surface area contributed by atoms with Crippen LogP contribution in [-0.4, -0.2) is 53.5 Å². The van der Waals surface area contributed by atoms with Crippen molar-refractivity contribution in [2.45, 2.75) is 57.5 Å². The highest BCUT2D eigenvalue weighted by Crippen LogP contribution is 2.26. The van der Waals surface area contributed by atoms with Crippen LogP contribution >= 0.6 is 0 Å². The molecule has 0 aromatic carbocycles. The summed E-state index contributed by atoms with van der Waals surface area (Å²) < 4.78 is 0. The molecule has 4 nitrogen and oxygen atoms in total. The summed E-state index contributed by atoms with van der Waals surface area (Å²) in [7, 11) is 0. The van der Waals surface area contributed by atoms with Crippen molar-refractivity contribution in [1.82, 2.24) is 9.80 Å². The first kappa shape index (κ1) is 13.8. The highest BCUT2D eigenvalue weighted by Gasteiger charge is 2.35. The monoisotopic (exact) mass is 253 g/mol. The van der Waals surface area contributed by atoms with Crippen molar-refractivity contribution in [2.24, 2.45) is 5.73 Å². The summed E-state index contributed by atoms with van der Waals surface area (Å²) in [6, 6.07) is 0.794. The van der Waals surface area contributed by atoms with Gasteiger partial charge in [0.2, 0.25) is 5.91 Å². The molecule has 1 amide bonds. The van der Waals surface area contributed by atoms with Crippen molar-refractivity contribution in [1.29, 1.82) is 0 Å². The molecule has 2 rings (SSSR count). The average molecular weight is 253 g/mol. The number of carbonyl (C=O) groups is 1. The molecule has 2 N–H and O–H groups in total. The molecule has 1 saturated carbocycles. The molecule has 0 aromatic heterocycles. The molecule has 0 aromatic rings. The number of nitrogens with zero attached hydrogens (tertiary/aromatic N) is 2. The second-order valence-electron chi connectivity index (χ2n) is 6.08. The third kappa shape index (κ3) is 2.86. The van der Waals surface area contributed by atoms with Crippen LogP contribution in [0.1, 0.15) is 46.0 Å². The van der Waals surface area contributed by atoms with E-state index in [9.17, 15) is 4.79 Å². The fourth-order valence-corrected chi connectivity index (χ4v) is 3.03. The van der Waals surface area contributed by atoms with Gasteiger partial charge >= 0.3 is 0 Å². The summed E-state index contributed by atoms with van der Waals surface area (Å²) in [6.07, 6.45) is 5.80. The zero-order valence-electron chi connectivity index (χ0n) is 11.8. The Balaban J connectivity index is 1.83. The summed E-state index contributed by atoms with van der Waals surface area (Å²) >= 11 is 0. The third-order valence-corrected chi connectivity index (χ3v) is 4.45. The lowest BCUT2D eigenvalue weighted by Crippen LogP contribution is -2.59. The summed E-state index contributed by atoms with van der Waals surface area (Å²) in [5, 5.41) is 0. The molecule has 0 bridgehead atoms. The fraction of sp³-hybridized carbons (Fsp3) is 0.929. The molecule has 1 atom stereocenters.